The van der Waals surface area contributed by atoms with Gasteiger partial charge in [-0.3, -0.25) is 9.36 Å². The third kappa shape index (κ3) is 5.20. The number of carbonyl (C=O) groups excluding carboxylic acids is 1. The smallest absolute Gasteiger partial charge is 0.164 e. The fourth-order valence-corrected chi connectivity index (χ4v) is 6.61. The molecule has 41 heavy (non-hydrogen) atoms. The van der Waals surface area contributed by atoms with Gasteiger partial charge in [0.05, 0.1) is 25.4 Å². The van der Waals surface area contributed by atoms with Crippen LogP contribution in [0.2, 0.25) is 0 Å². The lowest BCUT2D eigenvalue weighted by molar-refractivity contribution is 0.0947. The average Bonchev–Trinajstić information content (AvgIpc) is 3.53. The number of ketones is 1. The van der Waals surface area contributed by atoms with Crippen molar-refractivity contribution in [1.29, 1.82) is 0 Å². The summed E-state index contributed by atoms with van der Waals surface area (Å²) in [6.45, 7) is 3.41. The molecule has 214 valence electrons. The minimum absolute atomic E-state index is 0.0176. The molecule has 0 fully saturated rings. The van der Waals surface area contributed by atoms with E-state index in [-0.39, 0.29) is 23.9 Å². The van der Waals surface area contributed by atoms with Gasteiger partial charge in [-0.15, -0.1) is 10.2 Å². The second-order valence-corrected chi connectivity index (χ2v) is 12.2. The van der Waals surface area contributed by atoms with Gasteiger partial charge in [0.1, 0.15) is 34.9 Å². The SMILES string of the molecule is COc1cccc(OC)c1-n1c(CS(=O)(=O)[C@@H](C)[C@H](OC)c2ncc(C)cn2)nnc1[C@H]1CC(=O)c2ccccc21. The van der Waals surface area contributed by atoms with Gasteiger partial charge in [0.25, 0.3) is 0 Å². The van der Waals surface area contributed by atoms with Gasteiger partial charge in [0, 0.05) is 31.5 Å². The second-order valence-electron chi connectivity index (χ2n) is 9.88. The quantitative estimate of drug-likeness (QED) is 0.274. The minimum atomic E-state index is -3.91. The molecule has 0 spiro atoms. The van der Waals surface area contributed by atoms with Gasteiger partial charge in [-0.1, -0.05) is 30.3 Å². The van der Waals surface area contributed by atoms with E-state index >= 15 is 0 Å². The highest BCUT2D eigenvalue weighted by atomic mass is 32.2. The van der Waals surface area contributed by atoms with E-state index in [9.17, 15) is 13.2 Å². The van der Waals surface area contributed by atoms with Crippen molar-refractivity contribution in [2.75, 3.05) is 21.3 Å². The summed E-state index contributed by atoms with van der Waals surface area (Å²) in [7, 11) is 0.542. The molecular formula is C29H31N5O6S. The first-order valence-electron chi connectivity index (χ1n) is 13.0. The molecule has 1 aliphatic rings. The normalized spacial score (nSPS) is 16.3. The van der Waals surface area contributed by atoms with Gasteiger partial charge < -0.3 is 14.2 Å². The summed E-state index contributed by atoms with van der Waals surface area (Å²) in [4.78, 5) is 21.5. The highest BCUT2D eigenvalue weighted by Crippen LogP contribution is 2.42. The number of Topliss-reactive ketones (excluding diaryl/α,β-unsaturated/α-hetero) is 1. The van der Waals surface area contributed by atoms with Gasteiger partial charge in [0.15, 0.2) is 27.3 Å². The molecule has 11 nitrogen and oxygen atoms in total. The summed E-state index contributed by atoms with van der Waals surface area (Å²) in [6.07, 6.45) is 2.50. The molecular weight excluding hydrogens is 546 g/mol. The Labute approximate surface area is 238 Å². The molecule has 1 aliphatic carbocycles. The lowest BCUT2D eigenvalue weighted by atomic mass is 10.0. The molecule has 12 heteroatoms. The Bertz CT molecular complexity index is 1660. The van der Waals surface area contributed by atoms with Gasteiger partial charge in [-0.2, -0.15) is 0 Å². The molecule has 3 atom stereocenters. The van der Waals surface area contributed by atoms with E-state index in [2.05, 4.69) is 20.2 Å². The van der Waals surface area contributed by atoms with E-state index < -0.39 is 32.9 Å². The van der Waals surface area contributed by atoms with E-state index in [0.717, 1.165) is 11.1 Å². The first kappa shape index (κ1) is 28.4. The number of sulfone groups is 1. The van der Waals surface area contributed by atoms with Gasteiger partial charge in [-0.05, 0) is 37.1 Å². The first-order valence-corrected chi connectivity index (χ1v) is 14.7. The predicted octanol–water partition coefficient (Wildman–Crippen LogP) is 3.79. The standard InChI is InChI=1S/C29H31N5O6S/c1-17-14-30-28(31-15-17)27(40-5)18(2)41(36,37)16-25-32-33-29(21-13-22(35)20-10-7-6-9-19(20)21)34(25)26-23(38-3)11-8-12-24(26)39-4/h6-12,14-15,18,21,27H,13,16H2,1-5H3/t18-,21-,27-/m0/s1. The van der Waals surface area contributed by atoms with Crippen LogP contribution in [0.3, 0.4) is 0 Å². The van der Waals surface area contributed by atoms with Crippen LogP contribution in [0.4, 0.5) is 0 Å². The number of benzene rings is 2. The zero-order chi connectivity index (χ0) is 29.3. The number of fused-ring (bicyclic) bond motifs is 1. The van der Waals surface area contributed by atoms with Crippen LogP contribution in [0.15, 0.2) is 54.9 Å². The van der Waals surface area contributed by atoms with Crippen molar-refractivity contribution in [2.45, 2.75) is 43.3 Å². The molecule has 0 saturated heterocycles. The number of para-hydroxylation sites is 1. The Kier molecular flexibility index (Phi) is 7.87. The molecule has 0 unspecified atom stereocenters. The van der Waals surface area contributed by atoms with Crippen molar-refractivity contribution >= 4 is 15.6 Å². The number of hydrogen-bond donors (Lipinski definition) is 0. The third-order valence-electron chi connectivity index (χ3n) is 7.35. The van der Waals surface area contributed by atoms with Crippen LogP contribution in [0.1, 0.15) is 64.3 Å². The summed E-state index contributed by atoms with van der Waals surface area (Å²) in [6, 6.07) is 12.6. The van der Waals surface area contributed by atoms with E-state index in [1.54, 1.807) is 48.1 Å². The van der Waals surface area contributed by atoms with Crippen LogP contribution in [0, 0.1) is 6.92 Å². The maximum atomic E-state index is 13.9. The maximum Gasteiger partial charge on any atom is 0.164 e. The fraction of sp³-hybridized carbons (Fsp3) is 0.345. The number of rotatable bonds is 10. The topological polar surface area (TPSA) is 135 Å². The number of methoxy groups -OCH3 is 3. The van der Waals surface area contributed by atoms with Crippen LogP contribution < -0.4 is 9.47 Å². The molecule has 0 bridgehead atoms. The van der Waals surface area contributed by atoms with E-state index in [4.69, 9.17) is 14.2 Å². The fourth-order valence-electron chi connectivity index (χ4n) is 5.19. The molecule has 2 aromatic carbocycles. The summed E-state index contributed by atoms with van der Waals surface area (Å²) in [5.74, 6) is 0.744. The summed E-state index contributed by atoms with van der Waals surface area (Å²) >= 11 is 0. The molecule has 0 saturated carbocycles. The van der Waals surface area contributed by atoms with Crippen LogP contribution >= 0.6 is 0 Å². The number of carbonyl (C=O) groups is 1. The number of nitrogens with zero attached hydrogens (tertiary/aromatic N) is 5. The van der Waals surface area contributed by atoms with Crippen molar-refractivity contribution in [2.24, 2.45) is 0 Å². The van der Waals surface area contributed by atoms with Gasteiger partial charge in [-0.25, -0.2) is 18.4 Å². The van der Waals surface area contributed by atoms with Crippen molar-refractivity contribution in [3.63, 3.8) is 0 Å². The number of aromatic nitrogens is 5. The second kappa shape index (κ2) is 11.4. The highest BCUT2D eigenvalue weighted by molar-refractivity contribution is 7.91. The van der Waals surface area contributed by atoms with E-state index in [1.807, 2.05) is 25.1 Å². The monoisotopic (exact) mass is 577 g/mol. The molecule has 0 radical (unpaired) electrons. The Morgan fingerprint density at radius 1 is 0.976 bits per heavy atom. The van der Waals surface area contributed by atoms with Crippen LogP contribution in [-0.2, 0) is 20.3 Å². The van der Waals surface area contributed by atoms with Crippen LogP contribution in [0.25, 0.3) is 5.69 Å². The summed E-state index contributed by atoms with van der Waals surface area (Å²) in [5.41, 5.74) is 2.71. The molecule has 5 rings (SSSR count). The molecule has 2 heterocycles. The predicted molar refractivity (Wildman–Crippen MR) is 150 cm³/mol. The van der Waals surface area contributed by atoms with Crippen molar-refractivity contribution in [3.8, 4) is 17.2 Å². The average molecular weight is 578 g/mol. The molecule has 0 amide bonds. The van der Waals surface area contributed by atoms with Crippen molar-refractivity contribution in [3.05, 3.63) is 89.0 Å². The number of hydrogen-bond acceptors (Lipinski definition) is 10. The van der Waals surface area contributed by atoms with Gasteiger partial charge >= 0.3 is 0 Å². The molecule has 4 aromatic rings. The number of aryl methyl sites for hydroxylation is 1. The van der Waals surface area contributed by atoms with Crippen molar-refractivity contribution in [1.82, 2.24) is 24.7 Å². The molecule has 2 aromatic heterocycles. The Morgan fingerprint density at radius 2 is 1.63 bits per heavy atom. The summed E-state index contributed by atoms with van der Waals surface area (Å²) < 4.78 is 46.3. The third-order valence-corrected chi connectivity index (χ3v) is 9.39. The molecule has 0 N–H and O–H groups in total. The first-order chi connectivity index (χ1) is 19.7. The Morgan fingerprint density at radius 3 is 2.27 bits per heavy atom. The minimum Gasteiger partial charge on any atom is -0.494 e. The highest BCUT2D eigenvalue weighted by Gasteiger charge is 2.38. The van der Waals surface area contributed by atoms with Crippen LogP contribution in [-0.4, -0.2) is 65.5 Å². The largest absolute Gasteiger partial charge is 0.494 e. The van der Waals surface area contributed by atoms with Gasteiger partial charge in [0.2, 0.25) is 0 Å². The maximum absolute atomic E-state index is 13.9. The zero-order valence-electron chi connectivity index (χ0n) is 23.4. The van der Waals surface area contributed by atoms with E-state index in [1.165, 1.54) is 21.3 Å². The molecule has 0 aliphatic heterocycles. The zero-order valence-corrected chi connectivity index (χ0v) is 24.3. The van der Waals surface area contributed by atoms with E-state index in [0.29, 0.717) is 28.6 Å². The lowest BCUT2D eigenvalue weighted by Gasteiger charge is -2.23. The van der Waals surface area contributed by atoms with Crippen LogP contribution in [0.5, 0.6) is 11.5 Å². The number of ether oxygens (including phenoxy) is 3. The summed E-state index contributed by atoms with van der Waals surface area (Å²) in [5, 5.41) is 7.81. The van der Waals surface area contributed by atoms with Crippen molar-refractivity contribution < 1.29 is 27.4 Å². The Balaban J connectivity index is 1.63. The Hall–Kier alpha value is -4.16. The lowest BCUT2D eigenvalue weighted by Crippen LogP contribution is -2.30.